The molecule has 0 spiro atoms. The number of aryl methyl sites for hydroxylation is 1. The van der Waals surface area contributed by atoms with Crippen LogP contribution in [0, 0.1) is 6.92 Å². The first-order chi connectivity index (χ1) is 14.5. The van der Waals surface area contributed by atoms with Crippen LogP contribution in [0.3, 0.4) is 0 Å². The lowest BCUT2D eigenvalue weighted by Gasteiger charge is -2.05. The van der Waals surface area contributed by atoms with Gasteiger partial charge in [0.2, 0.25) is 0 Å². The third-order valence-electron chi connectivity index (χ3n) is 5.14. The second-order valence-electron chi connectivity index (χ2n) is 7.09. The van der Waals surface area contributed by atoms with Gasteiger partial charge in [0.05, 0.1) is 22.5 Å². The van der Waals surface area contributed by atoms with Gasteiger partial charge in [-0.15, -0.1) is 0 Å². The fraction of sp³-hybridized carbons (Fsp3) is 0.0909. The van der Waals surface area contributed by atoms with Crippen LogP contribution in [-0.4, -0.2) is 24.8 Å². The summed E-state index contributed by atoms with van der Waals surface area (Å²) in [4.78, 5) is 29.5. The molecule has 2 N–H and O–H groups in total. The maximum Gasteiger partial charge on any atom is 0.272 e. The molecule has 0 aliphatic carbocycles. The summed E-state index contributed by atoms with van der Waals surface area (Å²) in [5, 5.41) is 11.7. The Morgan fingerprint density at radius 1 is 1.03 bits per heavy atom. The molecule has 0 saturated carbocycles. The molecule has 3 aromatic heterocycles. The molecule has 8 heteroatoms. The number of aromatic amines is 2. The van der Waals surface area contributed by atoms with Gasteiger partial charge in [0.15, 0.2) is 5.65 Å². The minimum Gasteiger partial charge on any atom is -0.289 e. The van der Waals surface area contributed by atoms with Gasteiger partial charge in [-0.25, -0.2) is 14.6 Å². The van der Waals surface area contributed by atoms with Crippen molar-refractivity contribution >= 4 is 28.0 Å². The van der Waals surface area contributed by atoms with E-state index in [1.54, 1.807) is 18.2 Å². The quantitative estimate of drug-likeness (QED) is 0.469. The molecule has 0 amide bonds. The molecule has 0 fully saturated rings. The molecule has 0 bridgehead atoms. The molecule has 3 heterocycles. The molecule has 0 saturated heterocycles. The second kappa shape index (κ2) is 6.96. The first kappa shape index (κ1) is 18.3. The Hall–Kier alpha value is -3.71. The molecule has 30 heavy (non-hydrogen) atoms. The first-order valence-corrected chi connectivity index (χ1v) is 9.72. The maximum absolute atomic E-state index is 12.8. The molecule has 7 nitrogen and oxygen atoms in total. The zero-order valence-electron chi connectivity index (χ0n) is 15.9. The van der Waals surface area contributed by atoms with E-state index in [4.69, 9.17) is 16.6 Å². The van der Waals surface area contributed by atoms with Gasteiger partial charge in [-0.2, -0.15) is 5.10 Å². The third-order valence-corrected chi connectivity index (χ3v) is 5.38. The predicted octanol–water partition coefficient (Wildman–Crippen LogP) is 3.48. The third kappa shape index (κ3) is 3.00. The van der Waals surface area contributed by atoms with Crippen LogP contribution in [0.4, 0.5) is 0 Å². The van der Waals surface area contributed by atoms with Gasteiger partial charge in [-0.1, -0.05) is 41.9 Å². The van der Waals surface area contributed by atoms with E-state index in [9.17, 15) is 9.59 Å². The van der Waals surface area contributed by atoms with Gasteiger partial charge >= 0.3 is 0 Å². The number of hydrogen-bond donors (Lipinski definition) is 2. The van der Waals surface area contributed by atoms with E-state index in [1.807, 2.05) is 37.3 Å². The molecular weight excluding hydrogens is 402 g/mol. The van der Waals surface area contributed by atoms with Crippen LogP contribution in [0.15, 0.2) is 64.2 Å². The Kier molecular flexibility index (Phi) is 4.25. The highest BCUT2D eigenvalue weighted by Gasteiger charge is 2.15. The summed E-state index contributed by atoms with van der Waals surface area (Å²) in [5.41, 5.74) is 3.81. The van der Waals surface area contributed by atoms with Gasteiger partial charge in [0.25, 0.3) is 11.1 Å². The molecule has 5 aromatic rings. The summed E-state index contributed by atoms with van der Waals surface area (Å²) in [7, 11) is 0. The average Bonchev–Trinajstić information content (AvgIpc) is 3.08. The largest absolute Gasteiger partial charge is 0.289 e. The summed E-state index contributed by atoms with van der Waals surface area (Å²) in [6, 6.07) is 16.1. The summed E-state index contributed by atoms with van der Waals surface area (Å²) in [6.45, 7) is 1.91. The van der Waals surface area contributed by atoms with Crippen molar-refractivity contribution in [2.24, 2.45) is 0 Å². The van der Waals surface area contributed by atoms with Crippen LogP contribution in [0.1, 0.15) is 17.0 Å². The van der Waals surface area contributed by atoms with Gasteiger partial charge < -0.3 is 0 Å². The van der Waals surface area contributed by atoms with E-state index in [1.165, 1.54) is 10.6 Å². The molecule has 0 unspecified atom stereocenters. The molecular formula is C22H16ClN5O2. The fourth-order valence-electron chi connectivity index (χ4n) is 3.69. The highest BCUT2D eigenvalue weighted by molar-refractivity contribution is 6.30. The minimum absolute atomic E-state index is 0.222. The lowest BCUT2D eigenvalue weighted by atomic mass is 10.1. The number of aromatic nitrogens is 5. The smallest absolute Gasteiger partial charge is 0.272 e. The number of rotatable bonds is 3. The minimum atomic E-state index is -0.245. The molecule has 0 aliphatic rings. The monoisotopic (exact) mass is 417 g/mol. The number of halogens is 1. The Labute approximate surface area is 175 Å². The normalized spacial score (nSPS) is 11.4. The van der Waals surface area contributed by atoms with Gasteiger partial charge in [-0.05, 0) is 25.1 Å². The lowest BCUT2D eigenvalue weighted by Crippen LogP contribution is -2.17. The van der Waals surface area contributed by atoms with Gasteiger partial charge in [0, 0.05) is 34.0 Å². The highest BCUT2D eigenvalue weighted by Crippen LogP contribution is 2.26. The van der Waals surface area contributed by atoms with Crippen LogP contribution in [0.5, 0.6) is 0 Å². The van der Waals surface area contributed by atoms with Crippen LogP contribution in [0.25, 0.3) is 27.7 Å². The molecule has 2 aromatic carbocycles. The molecule has 0 radical (unpaired) electrons. The SMILES string of the molecule is Cc1c(-c2cccc(Cl)c2)[nH]n2c(=O)cc(Cc3n[nH]c(=O)c4ccccc34)nc12. The first-order valence-electron chi connectivity index (χ1n) is 9.35. The number of hydrogen-bond acceptors (Lipinski definition) is 4. The van der Waals surface area contributed by atoms with Crippen LogP contribution in [0.2, 0.25) is 5.02 Å². The van der Waals surface area contributed by atoms with E-state index in [2.05, 4.69) is 15.3 Å². The number of fused-ring (bicyclic) bond motifs is 2. The van der Waals surface area contributed by atoms with Crippen molar-refractivity contribution in [2.75, 3.05) is 0 Å². The zero-order valence-corrected chi connectivity index (χ0v) is 16.7. The van der Waals surface area contributed by atoms with Crippen LogP contribution in [-0.2, 0) is 6.42 Å². The van der Waals surface area contributed by atoms with Crippen molar-refractivity contribution in [3.05, 3.63) is 97.3 Å². The molecule has 0 atom stereocenters. The number of nitrogens with zero attached hydrogens (tertiary/aromatic N) is 3. The summed E-state index contributed by atoms with van der Waals surface area (Å²) in [6.07, 6.45) is 0.320. The Bertz CT molecular complexity index is 1550. The summed E-state index contributed by atoms with van der Waals surface area (Å²) < 4.78 is 1.42. The number of H-pyrrole nitrogens is 2. The molecule has 148 valence electrons. The summed E-state index contributed by atoms with van der Waals surface area (Å²) >= 11 is 6.12. The standard InChI is InChI=1S/C22H16ClN5O2/c1-12-20(13-5-4-6-14(23)9-13)27-28-19(29)11-15(24-21(12)28)10-18-16-7-2-3-8-17(16)22(30)26-25-18/h2-9,11,27H,10H2,1H3,(H,26,30). The molecule has 5 rings (SSSR count). The van der Waals surface area contributed by atoms with Crippen molar-refractivity contribution in [3.63, 3.8) is 0 Å². The van der Waals surface area contributed by atoms with Gasteiger partial charge in [-0.3, -0.25) is 14.7 Å². The van der Waals surface area contributed by atoms with Crippen molar-refractivity contribution in [1.29, 1.82) is 0 Å². The van der Waals surface area contributed by atoms with Crippen molar-refractivity contribution < 1.29 is 0 Å². The fourth-order valence-corrected chi connectivity index (χ4v) is 3.88. The highest BCUT2D eigenvalue weighted by atomic mass is 35.5. The van der Waals surface area contributed by atoms with E-state index in [-0.39, 0.29) is 11.1 Å². The summed E-state index contributed by atoms with van der Waals surface area (Å²) in [5.74, 6) is 0. The van der Waals surface area contributed by atoms with E-state index in [0.717, 1.165) is 22.2 Å². The topological polar surface area (TPSA) is 95.9 Å². The Balaban J connectivity index is 1.64. The van der Waals surface area contributed by atoms with Crippen molar-refractivity contribution in [3.8, 4) is 11.3 Å². The van der Waals surface area contributed by atoms with Crippen LogP contribution < -0.4 is 11.1 Å². The van der Waals surface area contributed by atoms with Gasteiger partial charge in [0.1, 0.15) is 0 Å². The number of nitrogens with one attached hydrogen (secondary N) is 2. The second-order valence-corrected chi connectivity index (χ2v) is 7.53. The maximum atomic E-state index is 12.8. The number of benzene rings is 2. The van der Waals surface area contributed by atoms with Crippen molar-refractivity contribution in [2.45, 2.75) is 13.3 Å². The van der Waals surface area contributed by atoms with E-state index >= 15 is 0 Å². The van der Waals surface area contributed by atoms with Crippen molar-refractivity contribution in [1.82, 2.24) is 24.8 Å². The Morgan fingerprint density at radius 3 is 2.63 bits per heavy atom. The van der Waals surface area contributed by atoms with Crippen LogP contribution >= 0.6 is 11.6 Å². The molecule has 0 aliphatic heterocycles. The lowest BCUT2D eigenvalue weighted by molar-refractivity contribution is 0.868. The average molecular weight is 418 g/mol. The van der Waals surface area contributed by atoms with E-state index < -0.39 is 0 Å². The predicted molar refractivity (Wildman–Crippen MR) is 116 cm³/mol. The Morgan fingerprint density at radius 2 is 1.83 bits per heavy atom. The zero-order chi connectivity index (χ0) is 20.8. The van der Waals surface area contributed by atoms with E-state index in [0.29, 0.717) is 33.9 Å².